The number of nitrogens with one attached hydrogen (secondary N) is 1. The summed E-state index contributed by atoms with van der Waals surface area (Å²) in [6.45, 7) is 0.652. The second-order valence-corrected chi connectivity index (χ2v) is 5.40. The normalized spacial score (nSPS) is 10.3. The van der Waals surface area contributed by atoms with Crippen molar-refractivity contribution in [3.8, 4) is 0 Å². The Labute approximate surface area is 128 Å². The summed E-state index contributed by atoms with van der Waals surface area (Å²) in [5.41, 5.74) is 8.14. The smallest absolute Gasteiger partial charge is 0.122 e. The zero-order valence-corrected chi connectivity index (χ0v) is 12.5. The zero-order valence-electron chi connectivity index (χ0n) is 11.0. The fourth-order valence-electron chi connectivity index (χ4n) is 1.91. The predicted octanol–water partition coefficient (Wildman–Crippen LogP) is 3.91. The van der Waals surface area contributed by atoms with Gasteiger partial charge in [-0.15, -0.1) is 0 Å². The molecule has 0 bridgehead atoms. The zero-order chi connectivity index (χ0) is 14.7. The van der Waals surface area contributed by atoms with Crippen LogP contribution < -0.4 is 10.6 Å². The summed E-state index contributed by atoms with van der Waals surface area (Å²) in [5, 5.41) is 8.74. The van der Waals surface area contributed by atoms with Crippen molar-refractivity contribution in [2.75, 3.05) is 11.9 Å². The molecule has 20 heavy (non-hydrogen) atoms. The molecular weight excluding hydrogens is 293 g/mol. The summed E-state index contributed by atoms with van der Waals surface area (Å²) in [5.74, 6) is 0.0667. The first-order chi connectivity index (χ1) is 9.47. The van der Waals surface area contributed by atoms with Gasteiger partial charge in [-0.25, -0.2) is 0 Å². The van der Waals surface area contributed by atoms with E-state index < -0.39 is 0 Å². The van der Waals surface area contributed by atoms with Gasteiger partial charge in [-0.3, -0.25) is 5.41 Å². The third-order valence-corrected chi connectivity index (χ3v) is 3.64. The van der Waals surface area contributed by atoms with Gasteiger partial charge in [0.2, 0.25) is 0 Å². The van der Waals surface area contributed by atoms with Crippen LogP contribution in [-0.4, -0.2) is 12.9 Å². The second-order valence-electron chi connectivity index (χ2n) is 4.55. The molecule has 0 amide bonds. The van der Waals surface area contributed by atoms with Crippen molar-refractivity contribution in [3.05, 3.63) is 63.6 Å². The number of benzene rings is 2. The van der Waals surface area contributed by atoms with Crippen LogP contribution in [0.3, 0.4) is 0 Å². The van der Waals surface area contributed by atoms with Gasteiger partial charge in [0.1, 0.15) is 5.84 Å². The number of halogens is 2. The maximum atomic E-state index is 7.38. The quantitative estimate of drug-likeness (QED) is 0.664. The summed E-state index contributed by atoms with van der Waals surface area (Å²) in [4.78, 5) is 2.06. The van der Waals surface area contributed by atoms with Crippen LogP contribution in [0.15, 0.2) is 42.5 Å². The Morgan fingerprint density at radius 1 is 1.15 bits per heavy atom. The molecule has 104 valence electrons. The van der Waals surface area contributed by atoms with Gasteiger partial charge in [-0.1, -0.05) is 23.2 Å². The van der Waals surface area contributed by atoms with E-state index in [9.17, 15) is 0 Å². The first kappa shape index (κ1) is 14.7. The molecule has 0 fully saturated rings. The van der Waals surface area contributed by atoms with Gasteiger partial charge in [0.25, 0.3) is 0 Å². The van der Waals surface area contributed by atoms with Crippen molar-refractivity contribution >= 4 is 34.7 Å². The Bertz CT molecular complexity index is 624. The Morgan fingerprint density at radius 3 is 2.40 bits per heavy atom. The standard InChI is InChI=1S/C15H15Cl2N3/c1-20(9-11-8-12(16)4-7-14(11)17)13-5-2-10(3-6-13)15(18)19/h2-8H,9H2,1H3,(H3,18,19). The number of hydrogen-bond donors (Lipinski definition) is 2. The van der Waals surface area contributed by atoms with Gasteiger partial charge in [0.15, 0.2) is 0 Å². The van der Waals surface area contributed by atoms with Crippen LogP contribution in [-0.2, 0) is 6.54 Å². The Kier molecular flexibility index (Phi) is 4.53. The lowest BCUT2D eigenvalue weighted by atomic mass is 10.1. The van der Waals surface area contributed by atoms with Crippen LogP contribution in [0.4, 0.5) is 5.69 Å². The van der Waals surface area contributed by atoms with Crippen LogP contribution in [0.1, 0.15) is 11.1 Å². The molecule has 0 saturated carbocycles. The molecule has 2 aromatic rings. The van der Waals surface area contributed by atoms with E-state index in [1.807, 2.05) is 37.4 Å². The topological polar surface area (TPSA) is 53.1 Å². The molecular formula is C15H15Cl2N3. The molecule has 0 unspecified atom stereocenters. The summed E-state index contributed by atoms with van der Waals surface area (Å²) >= 11 is 12.2. The van der Waals surface area contributed by atoms with Crippen molar-refractivity contribution < 1.29 is 0 Å². The van der Waals surface area contributed by atoms with Gasteiger partial charge in [0.05, 0.1) is 0 Å². The van der Waals surface area contributed by atoms with Gasteiger partial charge in [-0.05, 0) is 48.0 Å². The lowest BCUT2D eigenvalue weighted by molar-refractivity contribution is 0.923. The van der Waals surface area contributed by atoms with Gasteiger partial charge < -0.3 is 10.6 Å². The number of nitrogen functional groups attached to an aromatic ring is 1. The number of nitrogens with zero attached hydrogens (tertiary/aromatic N) is 1. The van der Waals surface area contributed by atoms with E-state index in [-0.39, 0.29) is 5.84 Å². The summed E-state index contributed by atoms with van der Waals surface area (Å²) in [6.07, 6.45) is 0. The highest BCUT2D eigenvalue weighted by Gasteiger charge is 2.07. The van der Waals surface area contributed by atoms with Gasteiger partial charge >= 0.3 is 0 Å². The van der Waals surface area contributed by atoms with Crippen molar-refractivity contribution in [2.24, 2.45) is 5.73 Å². The van der Waals surface area contributed by atoms with E-state index in [1.54, 1.807) is 12.1 Å². The van der Waals surface area contributed by atoms with E-state index in [4.69, 9.17) is 34.3 Å². The van der Waals surface area contributed by atoms with Crippen molar-refractivity contribution in [1.29, 1.82) is 5.41 Å². The lowest BCUT2D eigenvalue weighted by Gasteiger charge is -2.20. The highest BCUT2D eigenvalue weighted by atomic mass is 35.5. The maximum absolute atomic E-state index is 7.38. The number of hydrogen-bond acceptors (Lipinski definition) is 2. The SMILES string of the molecule is CN(Cc1cc(Cl)ccc1Cl)c1ccc(C(=N)N)cc1. The average Bonchev–Trinajstić information content (AvgIpc) is 2.43. The summed E-state index contributed by atoms with van der Waals surface area (Å²) in [6, 6.07) is 12.9. The van der Waals surface area contributed by atoms with Crippen LogP contribution >= 0.6 is 23.2 Å². The van der Waals surface area contributed by atoms with Crippen molar-refractivity contribution in [2.45, 2.75) is 6.54 Å². The third-order valence-electron chi connectivity index (χ3n) is 3.03. The predicted molar refractivity (Wildman–Crippen MR) is 86.0 cm³/mol. The van der Waals surface area contributed by atoms with E-state index in [1.165, 1.54) is 0 Å². The Hall–Kier alpha value is -1.71. The van der Waals surface area contributed by atoms with Crippen LogP contribution in [0.2, 0.25) is 10.0 Å². The van der Waals surface area contributed by atoms with Crippen LogP contribution in [0.5, 0.6) is 0 Å². The third kappa shape index (κ3) is 3.44. The second kappa shape index (κ2) is 6.16. The monoisotopic (exact) mass is 307 g/mol. The average molecular weight is 308 g/mol. The Balaban J connectivity index is 2.17. The highest BCUT2D eigenvalue weighted by molar-refractivity contribution is 6.33. The fraction of sp³-hybridized carbons (Fsp3) is 0.133. The van der Waals surface area contributed by atoms with E-state index in [0.717, 1.165) is 11.3 Å². The molecule has 0 aliphatic carbocycles. The molecule has 0 spiro atoms. The molecule has 3 nitrogen and oxygen atoms in total. The minimum Gasteiger partial charge on any atom is -0.384 e. The molecule has 0 saturated heterocycles. The minimum atomic E-state index is 0.0667. The molecule has 2 aromatic carbocycles. The van der Waals surface area contributed by atoms with E-state index in [0.29, 0.717) is 22.2 Å². The number of amidine groups is 1. The van der Waals surface area contributed by atoms with Crippen molar-refractivity contribution in [3.63, 3.8) is 0 Å². The van der Waals surface area contributed by atoms with E-state index in [2.05, 4.69) is 4.90 Å². The lowest BCUT2D eigenvalue weighted by Crippen LogP contribution is -2.17. The molecule has 0 aliphatic heterocycles. The van der Waals surface area contributed by atoms with Crippen LogP contribution in [0, 0.1) is 5.41 Å². The summed E-state index contributed by atoms with van der Waals surface area (Å²) in [7, 11) is 1.97. The minimum absolute atomic E-state index is 0.0667. The molecule has 0 aliphatic rings. The van der Waals surface area contributed by atoms with Gasteiger partial charge in [0, 0.05) is 34.9 Å². The molecule has 0 radical (unpaired) electrons. The first-order valence-corrected chi connectivity index (χ1v) is 6.82. The number of anilines is 1. The number of nitrogens with two attached hydrogens (primary N) is 1. The molecule has 3 N–H and O–H groups in total. The number of rotatable bonds is 4. The first-order valence-electron chi connectivity index (χ1n) is 6.07. The largest absolute Gasteiger partial charge is 0.384 e. The van der Waals surface area contributed by atoms with E-state index >= 15 is 0 Å². The fourth-order valence-corrected chi connectivity index (χ4v) is 2.28. The molecule has 0 aromatic heterocycles. The molecule has 0 heterocycles. The van der Waals surface area contributed by atoms with Crippen LogP contribution in [0.25, 0.3) is 0 Å². The van der Waals surface area contributed by atoms with Gasteiger partial charge in [-0.2, -0.15) is 0 Å². The molecule has 0 atom stereocenters. The summed E-state index contributed by atoms with van der Waals surface area (Å²) < 4.78 is 0. The maximum Gasteiger partial charge on any atom is 0.122 e. The molecule has 2 rings (SSSR count). The molecule has 5 heteroatoms. The Morgan fingerprint density at radius 2 is 1.80 bits per heavy atom. The van der Waals surface area contributed by atoms with Crippen molar-refractivity contribution in [1.82, 2.24) is 0 Å². The highest BCUT2D eigenvalue weighted by Crippen LogP contribution is 2.24.